The average molecular weight is 380 g/mol. The van der Waals surface area contributed by atoms with E-state index in [4.69, 9.17) is 28.4 Å². The molecule has 2 aliphatic carbocycles. The summed E-state index contributed by atoms with van der Waals surface area (Å²) in [5.41, 5.74) is 0.0209. The van der Waals surface area contributed by atoms with Gasteiger partial charge in [0.15, 0.2) is 0 Å². The Morgan fingerprint density at radius 3 is 2.19 bits per heavy atom. The smallest absolute Gasteiger partial charge is 0.369 e. The molecule has 0 aromatic carbocycles. The van der Waals surface area contributed by atoms with Crippen LogP contribution < -0.4 is 0 Å². The van der Waals surface area contributed by atoms with E-state index in [1.807, 2.05) is 0 Å². The molecule has 6 fully saturated rings. The van der Waals surface area contributed by atoms with Crippen LogP contribution in [0.1, 0.15) is 51.9 Å². The first-order valence-corrected chi connectivity index (χ1v) is 11.1. The predicted octanol–water partition coefficient (Wildman–Crippen LogP) is 2.84. The van der Waals surface area contributed by atoms with E-state index >= 15 is 0 Å². The summed E-state index contributed by atoms with van der Waals surface area (Å²) in [6.45, 7) is 4.76. The Morgan fingerprint density at radius 2 is 1.44 bits per heavy atom. The van der Waals surface area contributed by atoms with E-state index < -0.39 is 6.16 Å². The third kappa shape index (κ3) is 2.90. The molecule has 6 atom stereocenters. The highest BCUT2D eigenvalue weighted by molar-refractivity contribution is 5.03. The molecule has 4 saturated heterocycles. The van der Waals surface area contributed by atoms with Gasteiger partial charge in [-0.3, -0.25) is 0 Å². The quantitative estimate of drug-likeness (QED) is 0.702. The van der Waals surface area contributed by atoms with Gasteiger partial charge in [-0.05, 0) is 43.9 Å². The van der Waals surface area contributed by atoms with Gasteiger partial charge in [0.05, 0.1) is 50.8 Å². The molecule has 0 bridgehead atoms. The Morgan fingerprint density at radius 1 is 0.778 bits per heavy atom. The van der Waals surface area contributed by atoms with Crippen LogP contribution >= 0.6 is 0 Å². The van der Waals surface area contributed by atoms with Gasteiger partial charge in [0.1, 0.15) is 0 Å². The van der Waals surface area contributed by atoms with Crippen LogP contribution in [0.3, 0.4) is 0 Å². The van der Waals surface area contributed by atoms with Crippen molar-refractivity contribution in [1.29, 1.82) is 0 Å². The molecule has 6 heteroatoms. The van der Waals surface area contributed by atoms with Gasteiger partial charge in [-0.25, -0.2) is 0 Å². The fourth-order valence-corrected chi connectivity index (χ4v) is 6.24. The van der Waals surface area contributed by atoms with Crippen LogP contribution in [0.5, 0.6) is 0 Å². The van der Waals surface area contributed by atoms with Crippen molar-refractivity contribution in [2.75, 3.05) is 26.4 Å². The predicted molar refractivity (Wildman–Crippen MR) is 94.8 cm³/mol. The molecule has 6 nitrogen and oxygen atoms in total. The second kappa shape index (κ2) is 6.38. The summed E-state index contributed by atoms with van der Waals surface area (Å²) in [6.07, 6.45) is 8.94. The van der Waals surface area contributed by atoms with E-state index in [1.165, 1.54) is 38.5 Å². The number of ether oxygens (including phenoxy) is 6. The third-order valence-electron chi connectivity index (χ3n) is 8.21. The molecule has 27 heavy (non-hydrogen) atoms. The van der Waals surface area contributed by atoms with E-state index in [0.29, 0.717) is 68.6 Å². The van der Waals surface area contributed by atoms with Gasteiger partial charge >= 0.3 is 6.16 Å². The minimum atomic E-state index is -1.29. The fraction of sp³-hybridized carbons (Fsp3) is 1.00. The lowest BCUT2D eigenvalue weighted by molar-refractivity contribution is -0.544. The van der Waals surface area contributed by atoms with E-state index in [-0.39, 0.29) is 5.41 Å². The van der Waals surface area contributed by atoms with Crippen molar-refractivity contribution in [2.24, 2.45) is 23.2 Å². The third-order valence-corrected chi connectivity index (χ3v) is 8.21. The topological polar surface area (TPSA) is 62.0 Å². The molecule has 0 radical (unpaired) electrons. The fourth-order valence-electron chi connectivity index (χ4n) is 6.24. The van der Waals surface area contributed by atoms with Crippen LogP contribution in [0.15, 0.2) is 0 Å². The molecular formula is C21H32O6. The summed E-state index contributed by atoms with van der Waals surface area (Å²) in [5, 5.41) is 0. The minimum absolute atomic E-state index is 0.0209. The first kappa shape index (κ1) is 17.6. The van der Waals surface area contributed by atoms with Crippen LogP contribution in [-0.2, 0) is 28.4 Å². The normalized spacial score (nSPS) is 57.0. The average Bonchev–Trinajstić information content (AvgIpc) is 3.62. The second-order valence-corrected chi connectivity index (χ2v) is 9.59. The van der Waals surface area contributed by atoms with Crippen molar-refractivity contribution in [3.05, 3.63) is 0 Å². The maximum Gasteiger partial charge on any atom is 0.412 e. The molecule has 152 valence electrons. The van der Waals surface area contributed by atoms with Gasteiger partial charge in [0.2, 0.25) is 0 Å². The van der Waals surface area contributed by atoms with Gasteiger partial charge in [0.25, 0.3) is 0 Å². The van der Waals surface area contributed by atoms with Gasteiger partial charge in [-0.1, -0.05) is 19.8 Å². The number of epoxide rings is 2. The number of hydrogen-bond donors (Lipinski definition) is 0. The summed E-state index contributed by atoms with van der Waals surface area (Å²) >= 11 is 0. The van der Waals surface area contributed by atoms with Crippen molar-refractivity contribution in [1.82, 2.24) is 0 Å². The van der Waals surface area contributed by atoms with E-state index in [1.54, 1.807) is 0 Å². The minimum Gasteiger partial charge on any atom is -0.369 e. The second-order valence-electron chi connectivity index (χ2n) is 9.59. The Labute approximate surface area is 161 Å². The number of hydrogen-bond acceptors (Lipinski definition) is 6. The lowest BCUT2D eigenvalue weighted by atomic mass is 9.67. The van der Waals surface area contributed by atoms with Crippen LogP contribution in [0.4, 0.5) is 0 Å². The van der Waals surface area contributed by atoms with Gasteiger partial charge in [-0.2, -0.15) is 0 Å². The molecule has 4 aliphatic heterocycles. The largest absolute Gasteiger partial charge is 0.412 e. The summed E-state index contributed by atoms with van der Waals surface area (Å²) in [4.78, 5) is 0. The molecule has 1 spiro atoms. The lowest BCUT2D eigenvalue weighted by Gasteiger charge is -2.50. The summed E-state index contributed by atoms with van der Waals surface area (Å²) in [6, 6.07) is 0. The maximum absolute atomic E-state index is 6.15. The van der Waals surface area contributed by atoms with Gasteiger partial charge < -0.3 is 28.4 Å². The lowest BCUT2D eigenvalue weighted by Crippen LogP contribution is -2.59. The highest BCUT2D eigenvalue weighted by atomic mass is 17.0. The summed E-state index contributed by atoms with van der Waals surface area (Å²) in [5.74, 6) is 1.47. The molecule has 0 aromatic rings. The molecule has 2 saturated carbocycles. The zero-order valence-electron chi connectivity index (χ0n) is 16.3. The van der Waals surface area contributed by atoms with Crippen LogP contribution in [0.2, 0.25) is 0 Å². The molecule has 6 aliphatic rings. The summed E-state index contributed by atoms with van der Waals surface area (Å²) < 4.78 is 36.1. The van der Waals surface area contributed by atoms with Crippen molar-refractivity contribution < 1.29 is 28.4 Å². The van der Waals surface area contributed by atoms with Crippen LogP contribution in [0.25, 0.3) is 0 Å². The SMILES string of the molecule is CCC1(C2CCCC3OC32)COC2(OCC(C3CCCC4OC43)CO2)OC1. The monoisotopic (exact) mass is 380 g/mol. The van der Waals surface area contributed by atoms with Crippen LogP contribution in [0, 0.1) is 23.2 Å². The molecule has 4 heterocycles. The van der Waals surface area contributed by atoms with Crippen LogP contribution in [-0.4, -0.2) is 57.0 Å². The summed E-state index contributed by atoms with van der Waals surface area (Å²) in [7, 11) is 0. The Bertz CT molecular complexity index is 563. The maximum atomic E-state index is 6.15. The van der Waals surface area contributed by atoms with E-state index in [0.717, 1.165) is 6.42 Å². The molecule has 0 aromatic heterocycles. The Kier molecular flexibility index (Phi) is 4.16. The van der Waals surface area contributed by atoms with Gasteiger partial charge in [0, 0.05) is 11.3 Å². The number of fused-ring (bicyclic) bond motifs is 2. The van der Waals surface area contributed by atoms with E-state index in [2.05, 4.69) is 6.92 Å². The first-order valence-electron chi connectivity index (χ1n) is 11.1. The zero-order valence-corrected chi connectivity index (χ0v) is 16.3. The number of rotatable bonds is 3. The standard InChI is InChI=1S/C21H32O6/c1-2-20(15-6-4-8-17-19(15)27-17)11-24-21(25-12-20)22-9-13(10-23-21)14-5-3-7-16-18(14)26-16/h13-19H,2-12H2,1H3. The molecular weight excluding hydrogens is 348 g/mol. The highest BCUT2D eigenvalue weighted by Crippen LogP contribution is 2.53. The molecule has 6 unspecified atom stereocenters. The zero-order chi connectivity index (χ0) is 18.1. The Balaban J connectivity index is 1.08. The molecule has 0 amide bonds. The Hall–Kier alpha value is -0.240. The highest BCUT2D eigenvalue weighted by Gasteiger charge is 2.59. The molecule has 6 rings (SSSR count). The van der Waals surface area contributed by atoms with Crippen molar-refractivity contribution in [3.63, 3.8) is 0 Å². The van der Waals surface area contributed by atoms with E-state index in [9.17, 15) is 0 Å². The molecule has 0 N–H and O–H groups in total. The van der Waals surface area contributed by atoms with Crippen molar-refractivity contribution in [3.8, 4) is 0 Å². The first-order chi connectivity index (χ1) is 13.2. The van der Waals surface area contributed by atoms with Crippen molar-refractivity contribution >= 4 is 0 Å². The van der Waals surface area contributed by atoms with Crippen molar-refractivity contribution in [2.45, 2.75) is 82.4 Å². The van der Waals surface area contributed by atoms with Gasteiger partial charge in [-0.15, -0.1) is 0 Å².